The summed E-state index contributed by atoms with van der Waals surface area (Å²) in [5, 5.41) is 5.68. The molecule has 1 saturated heterocycles. The van der Waals surface area contributed by atoms with Crippen LogP contribution in [0.1, 0.15) is 5.56 Å². The third kappa shape index (κ3) is 5.09. The highest BCUT2D eigenvalue weighted by Crippen LogP contribution is 2.27. The maximum atomic E-state index is 11.9. The molecule has 0 saturated carbocycles. The summed E-state index contributed by atoms with van der Waals surface area (Å²) in [6.07, 6.45) is 2.02. The van der Waals surface area contributed by atoms with Crippen molar-refractivity contribution in [1.29, 1.82) is 0 Å². The van der Waals surface area contributed by atoms with Gasteiger partial charge in [0.2, 0.25) is 10.0 Å². The zero-order valence-corrected chi connectivity index (χ0v) is 15.8. The van der Waals surface area contributed by atoms with E-state index >= 15 is 0 Å². The number of benzene rings is 1. The number of para-hydroxylation sites is 1. The Bertz CT molecular complexity index is 707. The van der Waals surface area contributed by atoms with Crippen LogP contribution in [0.4, 0.5) is 4.79 Å². The summed E-state index contributed by atoms with van der Waals surface area (Å²) in [4.78, 5) is 14.1. The van der Waals surface area contributed by atoms with Crippen LogP contribution >= 0.6 is 0 Å². The van der Waals surface area contributed by atoms with Crippen molar-refractivity contribution in [2.45, 2.75) is 12.5 Å². The van der Waals surface area contributed by atoms with Gasteiger partial charge in [-0.2, -0.15) is 4.31 Å². The molecule has 1 atom stereocenters. The molecule has 0 aliphatic carbocycles. The van der Waals surface area contributed by atoms with Gasteiger partial charge in [-0.25, -0.2) is 13.2 Å². The fourth-order valence-corrected chi connectivity index (χ4v) is 4.08. The summed E-state index contributed by atoms with van der Waals surface area (Å²) in [7, 11) is -3.10. The summed E-state index contributed by atoms with van der Waals surface area (Å²) < 4.78 is 30.2. The van der Waals surface area contributed by atoms with Crippen LogP contribution in [0.25, 0.3) is 0 Å². The Hall–Kier alpha value is -1.84. The van der Waals surface area contributed by atoms with Gasteiger partial charge in [-0.3, -0.25) is 4.90 Å². The molecule has 2 aliphatic rings. The molecular formula is C17H26N4O4S. The van der Waals surface area contributed by atoms with Gasteiger partial charge in [-0.1, -0.05) is 18.2 Å². The lowest BCUT2D eigenvalue weighted by molar-refractivity contribution is 0.187. The number of ether oxygens (including phenoxy) is 1. The van der Waals surface area contributed by atoms with Gasteiger partial charge in [0.1, 0.15) is 11.9 Å². The predicted molar refractivity (Wildman–Crippen MR) is 98.8 cm³/mol. The summed E-state index contributed by atoms with van der Waals surface area (Å²) in [6, 6.07) is 7.70. The standard InChI is InChI=1S/C17H26N4O4S/c1-26(23,24)21-10-8-20(9-11-21)7-6-18-17(22)19-13-15-12-14-4-2-3-5-16(14)25-15/h2-5,15H,6-13H2,1H3,(H2,18,19,22)/t15-/m0/s1. The number of hydrogen-bond acceptors (Lipinski definition) is 5. The molecule has 0 spiro atoms. The first-order valence-corrected chi connectivity index (χ1v) is 10.7. The number of urea groups is 1. The first kappa shape index (κ1) is 18.9. The molecule has 26 heavy (non-hydrogen) atoms. The molecule has 0 unspecified atom stereocenters. The number of sulfonamides is 1. The number of amides is 2. The van der Waals surface area contributed by atoms with E-state index in [4.69, 9.17) is 4.74 Å². The van der Waals surface area contributed by atoms with Gasteiger partial charge in [-0.05, 0) is 11.6 Å². The van der Waals surface area contributed by atoms with Gasteiger partial charge in [0.05, 0.1) is 12.8 Å². The molecule has 1 aromatic carbocycles. The largest absolute Gasteiger partial charge is 0.488 e. The molecule has 144 valence electrons. The van der Waals surface area contributed by atoms with E-state index in [1.807, 2.05) is 24.3 Å². The fraction of sp³-hybridized carbons (Fsp3) is 0.588. The van der Waals surface area contributed by atoms with E-state index in [1.165, 1.54) is 16.1 Å². The van der Waals surface area contributed by atoms with Crippen molar-refractivity contribution in [3.05, 3.63) is 29.8 Å². The number of nitrogens with zero attached hydrogens (tertiary/aromatic N) is 2. The Balaban J connectivity index is 1.29. The van der Waals surface area contributed by atoms with Gasteiger partial charge in [0.25, 0.3) is 0 Å². The lowest BCUT2D eigenvalue weighted by Gasteiger charge is -2.33. The zero-order valence-electron chi connectivity index (χ0n) is 15.0. The summed E-state index contributed by atoms with van der Waals surface area (Å²) in [6.45, 7) is 4.07. The van der Waals surface area contributed by atoms with E-state index < -0.39 is 10.0 Å². The Morgan fingerprint density at radius 1 is 1.19 bits per heavy atom. The number of carbonyl (C=O) groups excluding carboxylic acids is 1. The number of piperazine rings is 1. The minimum Gasteiger partial charge on any atom is -0.488 e. The van der Waals surface area contributed by atoms with Crippen molar-refractivity contribution in [2.24, 2.45) is 0 Å². The number of rotatable bonds is 6. The third-order valence-corrected chi connectivity index (χ3v) is 6.02. The van der Waals surface area contributed by atoms with Crippen LogP contribution in [0.5, 0.6) is 5.75 Å². The molecule has 2 amide bonds. The Labute approximate surface area is 154 Å². The van der Waals surface area contributed by atoms with Crippen molar-refractivity contribution >= 4 is 16.1 Å². The van der Waals surface area contributed by atoms with E-state index in [2.05, 4.69) is 15.5 Å². The first-order valence-electron chi connectivity index (χ1n) is 8.85. The Morgan fingerprint density at radius 2 is 1.92 bits per heavy atom. The second-order valence-electron chi connectivity index (χ2n) is 6.69. The average molecular weight is 382 g/mol. The molecular weight excluding hydrogens is 356 g/mol. The van der Waals surface area contributed by atoms with E-state index in [0.29, 0.717) is 45.8 Å². The third-order valence-electron chi connectivity index (χ3n) is 4.72. The van der Waals surface area contributed by atoms with Crippen LogP contribution in [-0.2, 0) is 16.4 Å². The van der Waals surface area contributed by atoms with E-state index in [-0.39, 0.29) is 12.1 Å². The van der Waals surface area contributed by atoms with Gasteiger partial charge in [-0.15, -0.1) is 0 Å². The smallest absolute Gasteiger partial charge is 0.314 e. The topological polar surface area (TPSA) is 91.0 Å². The summed E-state index contributed by atoms with van der Waals surface area (Å²) >= 11 is 0. The molecule has 0 radical (unpaired) electrons. The van der Waals surface area contributed by atoms with E-state index in [0.717, 1.165) is 12.2 Å². The number of hydrogen-bond donors (Lipinski definition) is 2. The molecule has 2 heterocycles. The maximum Gasteiger partial charge on any atom is 0.314 e. The lowest BCUT2D eigenvalue weighted by Crippen LogP contribution is -2.50. The van der Waals surface area contributed by atoms with Gasteiger partial charge < -0.3 is 15.4 Å². The first-order chi connectivity index (χ1) is 12.4. The van der Waals surface area contributed by atoms with Crippen LogP contribution in [0, 0.1) is 0 Å². The second kappa shape index (κ2) is 8.24. The van der Waals surface area contributed by atoms with E-state index in [9.17, 15) is 13.2 Å². The lowest BCUT2D eigenvalue weighted by atomic mass is 10.1. The molecule has 2 N–H and O–H groups in total. The number of carbonyl (C=O) groups is 1. The molecule has 0 bridgehead atoms. The van der Waals surface area contributed by atoms with Crippen molar-refractivity contribution < 1.29 is 17.9 Å². The van der Waals surface area contributed by atoms with Crippen molar-refractivity contribution in [2.75, 3.05) is 52.1 Å². The van der Waals surface area contributed by atoms with Crippen LogP contribution < -0.4 is 15.4 Å². The SMILES string of the molecule is CS(=O)(=O)N1CCN(CCNC(=O)NC[C@@H]2Cc3ccccc3O2)CC1. The molecule has 0 aromatic heterocycles. The Kier molecular flexibility index (Phi) is 6.00. The van der Waals surface area contributed by atoms with Crippen LogP contribution in [-0.4, -0.2) is 81.8 Å². The predicted octanol–water partition coefficient (Wildman–Crippen LogP) is -0.133. The monoisotopic (exact) mass is 382 g/mol. The van der Waals surface area contributed by atoms with Crippen molar-refractivity contribution in [3.63, 3.8) is 0 Å². The minimum atomic E-state index is -3.10. The highest BCUT2D eigenvalue weighted by Gasteiger charge is 2.24. The second-order valence-corrected chi connectivity index (χ2v) is 8.67. The van der Waals surface area contributed by atoms with Gasteiger partial charge in [0, 0.05) is 45.7 Å². The molecule has 2 aliphatic heterocycles. The molecule has 3 rings (SSSR count). The quantitative estimate of drug-likeness (QED) is 0.715. The van der Waals surface area contributed by atoms with Crippen LogP contribution in [0.15, 0.2) is 24.3 Å². The number of fused-ring (bicyclic) bond motifs is 1. The van der Waals surface area contributed by atoms with Gasteiger partial charge >= 0.3 is 6.03 Å². The highest BCUT2D eigenvalue weighted by molar-refractivity contribution is 7.88. The van der Waals surface area contributed by atoms with E-state index in [1.54, 1.807) is 0 Å². The summed E-state index contributed by atoms with van der Waals surface area (Å²) in [5.41, 5.74) is 1.17. The van der Waals surface area contributed by atoms with Crippen LogP contribution in [0.2, 0.25) is 0 Å². The summed E-state index contributed by atoms with van der Waals surface area (Å²) in [5.74, 6) is 0.896. The molecule has 1 fully saturated rings. The zero-order chi connectivity index (χ0) is 18.6. The normalized spacial score (nSPS) is 21.0. The molecule has 1 aromatic rings. The van der Waals surface area contributed by atoms with Crippen molar-refractivity contribution in [1.82, 2.24) is 19.8 Å². The molecule has 9 heteroatoms. The van der Waals surface area contributed by atoms with Gasteiger partial charge in [0.15, 0.2) is 0 Å². The Morgan fingerprint density at radius 3 is 2.62 bits per heavy atom. The maximum absolute atomic E-state index is 11.9. The molecule has 8 nitrogen and oxygen atoms in total. The highest BCUT2D eigenvalue weighted by atomic mass is 32.2. The fourth-order valence-electron chi connectivity index (χ4n) is 3.25. The minimum absolute atomic E-state index is 0.0257. The van der Waals surface area contributed by atoms with Crippen molar-refractivity contribution in [3.8, 4) is 5.75 Å². The average Bonchev–Trinajstić information content (AvgIpc) is 3.03. The van der Waals surface area contributed by atoms with Crippen LogP contribution in [0.3, 0.4) is 0 Å². The number of nitrogens with one attached hydrogen (secondary N) is 2.